The average molecular weight is 139 g/mol. The van der Waals surface area contributed by atoms with Crippen LogP contribution >= 0.6 is 0 Å². The Morgan fingerprint density at radius 1 is 1.40 bits per heavy atom. The van der Waals surface area contributed by atoms with Gasteiger partial charge in [0.25, 0.3) is 0 Å². The minimum Gasteiger partial charge on any atom is -0.396 e. The molecule has 1 aliphatic rings. The lowest BCUT2D eigenvalue weighted by Crippen LogP contribution is -2.28. The molecule has 0 heterocycles. The second kappa shape index (κ2) is 1.68. The number of rotatable bonds is 0. The molecule has 0 spiro atoms. The van der Waals surface area contributed by atoms with Crippen LogP contribution < -0.4 is 5.73 Å². The Labute approximate surface area is 58.9 Å². The molecule has 3 heteroatoms. The van der Waals surface area contributed by atoms with Gasteiger partial charge in [0.2, 0.25) is 0 Å². The monoisotopic (exact) mass is 139 g/mol. The summed E-state index contributed by atoms with van der Waals surface area (Å²) in [4.78, 5) is 22.0. The number of hydrogen-bond donors (Lipinski definition) is 1. The minimum absolute atomic E-state index is 0.0787. The van der Waals surface area contributed by atoms with Gasteiger partial charge < -0.3 is 5.73 Å². The maximum absolute atomic E-state index is 11.0. The van der Waals surface area contributed by atoms with E-state index in [1.807, 2.05) is 0 Å². The molecule has 2 N–H and O–H groups in total. The van der Waals surface area contributed by atoms with E-state index in [0.717, 1.165) is 0 Å². The van der Waals surface area contributed by atoms with Crippen molar-refractivity contribution in [1.82, 2.24) is 0 Å². The van der Waals surface area contributed by atoms with E-state index in [4.69, 9.17) is 5.73 Å². The summed E-state index contributed by atoms with van der Waals surface area (Å²) in [6.07, 6.45) is 1.20. The Bertz CT molecular complexity index is 238. The average Bonchev–Trinajstić information content (AvgIpc) is 1.97. The molecule has 1 aliphatic carbocycles. The Hall–Kier alpha value is -1.12. The summed E-state index contributed by atoms with van der Waals surface area (Å²) in [5.41, 5.74) is 4.40. The summed E-state index contributed by atoms with van der Waals surface area (Å²) in [5.74, 6) is -0.465. The lowest BCUT2D eigenvalue weighted by atomic mass is 9.88. The third kappa shape index (κ3) is 0.667. The Kier molecular flexibility index (Phi) is 1.18. The largest absolute Gasteiger partial charge is 0.396 e. The maximum atomic E-state index is 11.0. The van der Waals surface area contributed by atoms with Crippen LogP contribution in [0.4, 0.5) is 0 Å². The third-order valence-electron chi connectivity index (χ3n) is 1.73. The van der Waals surface area contributed by atoms with Crippen LogP contribution in [0.1, 0.15) is 13.8 Å². The van der Waals surface area contributed by atoms with Crippen molar-refractivity contribution in [2.45, 2.75) is 13.8 Å². The Morgan fingerprint density at radius 3 is 2.00 bits per heavy atom. The van der Waals surface area contributed by atoms with E-state index in [1.54, 1.807) is 13.8 Å². The molecule has 0 aromatic heterocycles. The number of allylic oxidation sites excluding steroid dienone is 2. The molecule has 0 saturated carbocycles. The third-order valence-corrected chi connectivity index (χ3v) is 1.73. The van der Waals surface area contributed by atoms with E-state index in [2.05, 4.69) is 0 Å². The second-order valence-electron chi connectivity index (χ2n) is 2.92. The molecule has 3 nitrogen and oxygen atoms in total. The fourth-order valence-electron chi connectivity index (χ4n) is 0.860. The van der Waals surface area contributed by atoms with Gasteiger partial charge in [-0.3, -0.25) is 9.59 Å². The smallest absolute Gasteiger partial charge is 0.191 e. The summed E-state index contributed by atoms with van der Waals surface area (Å²) in [6.45, 7) is 3.15. The van der Waals surface area contributed by atoms with E-state index in [9.17, 15) is 9.59 Å². The first-order chi connectivity index (χ1) is 4.46. The van der Waals surface area contributed by atoms with Crippen molar-refractivity contribution in [3.8, 4) is 0 Å². The summed E-state index contributed by atoms with van der Waals surface area (Å²) in [5, 5.41) is 0. The highest BCUT2D eigenvalue weighted by molar-refractivity contribution is 6.24. The number of nitrogens with two attached hydrogens (primary N) is 1. The van der Waals surface area contributed by atoms with Gasteiger partial charge in [-0.2, -0.15) is 0 Å². The molecule has 0 aromatic rings. The number of ketones is 2. The van der Waals surface area contributed by atoms with Gasteiger partial charge in [0, 0.05) is 6.08 Å². The molecule has 0 aliphatic heterocycles. The van der Waals surface area contributed by atoms with Gasteiger partial charge in [-0.25, -0.2) is 0 Å². The number of carbonyl (C=O) groups is 2. The zero-order chi connectivity index (χ0) is 7.94. The summed E-state index contributed by atoms with van der Waals surface area (Å²) in [6, 6.07) is 0. The van der Waals surface area contributed by atoms with Crippen LogP contribution in [0.2, 0.25) is 0 Å². The van der Waals surface area contributed by atoms with Crippen LogP contribution in [0.15, 0.2) is 11.8 Å². The SMILES string of the molecule is CC1(C)C(=O)C=C(N)C1=O. The maximum Gasteiger partial charge on any atom is 0.191 e. The molecule has 0 amide bonds. The molecule has 0 radical (unpaired) electrons. The zero-order valence-electron chi connectivity index (χ0n) is 5.97. The molecule has 0 unspecified atom stereocenters. The number of Topliss-reactive ketones (excluding diaryl/α,β-unsaturated/α-hetero) is 1. The van der Waals surface area contributed by atoms with Crippen LogP contribution in [0.25, 0.3) is 0 Å². The van der Waals surface area contributed by atoms with E-state index < -0.39 is 5.41 Å². The van der Waals surface area contributed by atoms with Crippen LogP contribution in [0.3, 0.4) is 0 Å². The molecule has 1 rings (SSSR count). The topological polar surface area (TPSA) is 60.2 Å². The van der Waals surface area contributed by atoms with Gasteiger partial charge in [-0.15, -0.1) is 0 Å². The predicted octanol–water partition coefficient (Wildman–Crippen LogP) is 0.00700. The van der Waals surface area contributed by atoms with Gasteiger partial charge in [-0.05, 0) is 13.8 Å². The predicted molar refractivity (Wildman–Crippen MR) is 36.1 cm³/mol. The minimum atomic E-state index is -0.913. The highest BCUT2D eigenvalue weighted by Crippen LogP contribution is 2.26. The molecule has 54 valence electrons. The van der Waals surface area contributed by atoms with E-state index in [0.29, 0.717) is 0 Å². The van der Waals surface area contributed by atoms with Crippen molar-refractivity contribution in [3.63, 3.8) is 0 Å². The van der Waals surface area contributed by atoms with Gasteiger partial charge in [0.15, 0.2) is 11.6 Å². The molecule has 0 atom stereocenters. The van der Waals surface area contributed by atoms with E-state index >= 15 is 0 Å². The first-order valence-electron chi connectivity index (χ1n) is 3.02. The molecule has 0 fully saturated rings. The van der Waals surface area contributed by atoms with Crippen LogP contribution in [-0.2, 0) is 9.59 Å². The summed E-state index contributed by atoms with van der Waals surface area (Å²) < 4.78 is 0. The van der Waals surface area contributed by atoms with E-state index in [1.165, 1.54) is 6.08 Å². The normalized spacial score (nSPS) is 23.2. The van der Waals surface area contributed by atoms with Crippen molar-refractivity contribution in [2.24, 2.45) is 11.1 Å². The number of carbonyl (C=O) groups excluding carboxylic acids is 2. The first kappa shape index (κ1) is 6.99. The highest BCUT2D eigenvalue weighted by Gasteiger charge is 2.40. The van der Waals surface area contributed by atoms with Crippen LogP contribution in [-0.4, -0.2) is 11.6 Å². The lowest BCUT2D eigenvalue weighted by molar-refractivity contribution is -0.131. The standard InChI is InChI=1S/C7H9NO2/c1-7(2)5(9)3-4(8)6(7)10/h3H,8H2,1-2H3. The van der Waals surface area contributed by atoms with Gasteiger partial charge in [0.1, 0.15) is 0 Å². The molecular weight excluding hydrogens is 130 g/mol. The Balaban J connectivity index is 3.10. The highest BCUT2D eigenvalue weighted by atomic mass is 16.2. The number of hydrogen-bond acceptors (Lipinski definition) is 3. The van der Waals surface area contributed by atoms with E-state index in [-0.39, 0.29) is 17.3 Å². The molecule has 0 aromatic carbocycles. The quantitative estimate of drug-likeness (QED) is 0.481. The second-order valence-corrected chi connectivity index (χ2v) is 2.92. The zero-order valence-corrected chi connectivity index (χ0v) is 5.97. The van der Waals surface area contributed by atoms with Crippen molar-refractivity contribution >= 4 is 11.6 Å². The first-order valence-corrected chi connectivity index (χ1v) is 3.02. The van der Waals surface area contributed by atoms with Gasteiger partial charge in [0.05, 0.1) is 11.1 Å². The fraction of sp³-hybridized carbons (Fsp3) is 0.429. The molecule has 10 heavy (non-hydrogen) atoms. The summed E-state index contributed by atoms with van der Waals surface area (Å²) in [7, 11) is 0. The lowest BCUT2D eigenvalue weighted by Gasteiger charge is -2.11. The summed E-state index contributed by atoms with van der Waals surface area (Å²) >= 11 is 0. The van der Waals surface area contributed by atoms with Crippen molar-refractivity contribution in [2.75, 3.05) is 0 Å². The van der Waals surface area contributed by atoms with Crippen molar-refractivity contribution in [3.05, 3.63) is 11.8 Å². The molecule has 0 saturated heterocycles. The molecular formula is C7H9NO2. The van der Waals surface area contributed by atoms with Gasteiger partial charge in [-0.1, -0.05) is 0 Å². The van der Waals surface area contributed by atoms with Crippen LogP contribution in [0, 0.1) is 5.41 Å². The van der Waals surface area contributed by atoms with Crippen molar-refractivity contribution in [1.29, 1.82) is 0 Å². The van der Waals surface area contributed by atoms with Crippen molar-refractivity contribution < 1.29 is 9.59 Å². The fourth-order valence-corrected chi connectivity index (χ4v) is 0.860. The molecule has 0 bridgehead atoms. The van der Waals surface area contributed by atoms with Crippen LogP contribution in [0.5, 0.6) is 0 Å². The van der Waals surface area contributed by atoms with Gasteiger partial charge >= 0.3 is 0 Å². The Morgan fingerprint density at radius 2 is 1.90 bits per heavy atom.